The van der Waals surface area contributed by atoms with Crippen LogP contribution in [0.2, 0.25) is 5.02 Å². The number of hydrogen-bond donors (Lipinski definition) is 2. The van der Waals surface area contributed by atoms with Gasteiger partial charge in [-0.15, -0.1) is 0 Å². The Kier molecular flexibility index (Phi) is 6.44. The third kappa shape index (κ3) is 5.01. The third-order valence-electron chi connectivity index (χ3n) is 5.00. The fourth-order valence-electron chi connectivity index (χ4n) is 3.46. The van der Waals surface area contributed by atoms with Gasteiger partial charge in [0.05, 0.1) is 12.7 Å². The number of carbonyl (C=O) groups excluding carboxylic acids is 1. The van der Waals surface area contributed by atoms with Crippen LogP contribution in [-0.4, -0.2) is 23.0 Å². The van der Waals surface area contributed by atoms with Crippen LogP contribution in [0.5, 0.6) is 0 Å². The van der Waals surface area contributed by atoms with Gasteiger partial charge in [0.1, 0.15) is 0 Å². The van der Waals surface area contributed by atoms with E-state index >= 15 is 0 Å². The average Bonchev–Trinajstić information content (AvgIpc) is 3.43. The van der Waals surface area contributed by atoms with Crippen molar-refractivity contribution in [3.63, 3.8) is 0 Å². The molecule has 0 aliphatic carbocycles. The van der Waals surface area contributed by atoms with E-state index < -0.39 is 0 Å². The fourth-order valence-corrected chi connectivity index (χ4v) is 4.01. The SMILES string of the molecule is Brc1ccc2[nH]ccc2c1.COC(=O)c1cc(Cl)ccc1Cc1ccc2[nH]ccc2c1. The highest BCUT2D eigenvalue weighted by molar-refractivity contribution is 9.10. The minimum Gasteiger partial charge on any atom is -0.465 e. The molecule has 0 radical (unpaired) electrons. The lowest BCUT2D eigenvalue weighted by Crippen LogP contribution is -2.06. The molecule has 0 saturated heterocycles. The number of esters is 1. The topological polar surface area (TPSA) is 57.9 Å². The summed E-state index contributed by atoms with van der Waals surface area (Å²) in [7, 11) is 1.37. The molecule has 156 valence electrons. The second-order valence-electron chi connectivity index (χ2n) is 7.08. The van der Waals surface area contributed by atoms with Gasteiger partial charge in [-0.2, -0.15) is 0 Å². The van der Waals surface area contributed by atoms with E-state index in [0.717, 1.165) is 26.5 Å². The van der Waals surface area contributed by atoms with E-state index in [1.54, 1.807) is 12.1 Å². The second-order valence-corrected chi connectivity index (χ2v) is 8.43. The van der Waals surface area contributed by atoms with Gasteiger partial charge in [-0.05, 0) is 77.5 Å². The molecule has 0 aliphatic rings. The van der Waals surface area contributed by atoms with Crippen LogP contribution in [0.1, 0.15) is 21.5 Å². The van der Waals surface area contributed by atoms with Crippen molar-refractivity contribution in [1.29, 1.82) is 0 Å². The van der Waals surface area contributed by atoms with Crippen LogP contribution in [0.4, 0.5) is 0 Å². The number of methoxy groups -OCH3 is 1. The van der Waals surface area contributed by atoms with Crippen LogP contribution in [-0.2, 0) is 11.2 Å². The average molecular weight is 496 g/mol. The van der Waals surface area contributed by atoms with Gasteiger partial charge in [-0.1, -0.05) is 39.7 Å². The third-order valence-corrected chi connectivity index (χ3v) is 5.73. The van der Waals surface area contributed by atoms with E-state index in [0.29, 0.717) is 17.0 Å². The number of rotatable bonds is 3. The number of benzene rings is 3. The molecule has 31 heavy (non-hydrogen) atoms. The van der Waals surface area contributed by atoms with E-state index in [1.807, 2.05) is 36.7 Å². The highest BCUT2D eigenvalue weighted by Gasteiger charge is 2.13. The van der Waals surface area contributed by atoms with Gasteiger partial charge in [0.15, 0.2) is 0 Å². The Balaban J connectivity index is 0.000000192. The predicted molar refractivity (Wildman–Crippen MR) is 130 cm³/mol. The van der Waals surface area contributed by atoms with Gasteiger partial charge < -0.3 is 14.7 Å². The van der Waals surface area contributed by atoms with E-state index in [9.17, 15) is 4.79 Å². The first kappa shape index (κ1) is 21.2. The number of nitrogens with one attached hydrogen (secondary N) is 2. The van der Waals surface area contributed by atoms with Gasteiger partial charge in [-0.25, -0.2) is 4.79 Å². The van der Waals surface area contributed by atoms with Crippen LogP contribution in [0.3, 0.4) is 0 Å². The van der Waals surface area contributed by atoms with E-state index in [2.05, 4.69) is 56.2 Å². The number of aromatic nitrogens is 2. The monoisotopic (exact) mass is 494 g/mol. The van der Waals surface area contributed by atoms with Crippen molar-refractivity contribution >= 4 is 55.3 Å². The summed E-state index contributed by atoms with van der Waals surface area (Å²) in [5.74, 6) is -0.366. The summed E-state index contributed by atoms with van der Waals surface area (Å²) in [4.78, 5) is 18.2. The first-order valence-electron chi connectivity index (χ1n) is 9.69. The second kappa shape index (κ2) is 9.41. The zero-order valence-corrected chi connectivity index (χ0v) is 19.1. The first-order chi connectivity index (χ1) is 15.0. The Morgan fingerprint density at radius 1 is 0.903 bits per heavy atom. The predicted octanol–water partition coefficient (Wildman–Crippen LogP) is 7.13. The standard InChI is InChI=1S/C17H14ClNO2.C8H6BrN/c1-21-17(20)15-10-14(18)4-3-12(15)8-11-2-5-16-13(9-11)6-7-19-16;9-7-1-2-8-6(5-7)3-4-10-8/h2-7,9-10,19H,8H2,1H3;1-5,10H. The van der Waals surface area contributed by atoms with Crippen LogP contribution in [0, 0.1) is 0 Å². The molecule has 0 fully saturated rings. The number of halogens is 2. The summed E-state index contributed by atoms with van der Waals surface area (Å²) < 4.78 is 5.95. The number of aromatic amines is 2. The highest BCUT2D eigenvalue weighted by atomic mass is 79.9. The minimum absolute atomic E-state index is 0.366. The van der Waals surface area contributed by atoms with E-state index in [-0.39, 0.29) is 5.97 Å². The Morgan fingerprint density at radius 2 is 1.58 bits per heavy atom. The number of fused-ring (bicyclic) bond motifs is 2. The molecule has 5 aromatic rings. The maximum Gasteiger partial charge on any atom is 0.338 e. The summed E-state index contributed by atoms with van der Waals surface area (Å²) in [5.41, 5.74) is 4.83. The molecule has 2 N–H and O–H groups in total. The molecule has 2 aromatic heterocycles. The number of H-pyrrole nitrogens is 2. The van der Waals surface area contributed by atoms with Gasteiger partial charge in [-0.3, -0.25) is 0 Å². The molecule has 0 atom stereocenters. The van der Waals surface area contributed by atoms with Crippen LogP contribution < -0.4 is 0 Å². The van der Waals surface area contributed by atoms with Crippen molar-refractivity contribution in [3.8, 4) is 0 Å². The highest BCUT2D eigenvalue weighted by Crippen LogP contribution is 2.22. The molecular formula is C25H20BrClN2O2. The Morgan fingerprint density at radius 3 is 2.29 bits per heavy atom. The number of ether oxygens (including phenoxy) is 1. The smallest absolute Gasteiger partial charge is 0.338 e. The molecule has 4 nitrogen and oxygen atoms in total. The van der Waals surface area contributed by atoms with Crippen LogP contribution in [0.15, 0.2) is 83.6 Å². The lowest BCUT2D eigenvalue weighted by atomic mass is 9.99. The summed E-state index contributed by atoms with van der Waals surface area (Å²) >= 11 is 9.38. The fraction of sp³-hybridized carbons (Fsp3) is 0.0800. The molecule has 3 aromatic carbocycles. The lowest BCUT2D eigenvalue weighted by molar-refractivity contribution is 0.0599. The summed E-state index contributed by atoms with van der Waals surface area (Å²) in [5, 5.41) is 2.93. The number of carbonyl (C=O) groups is 1. The molecule has 0 saturated carbocycles. The normalized spacial score (nSPS) is 10.7. The van der Waals surface area contributed by atoms with Crippen LogP contribution in [0.25, 0.3) is 21.8 Å². The summed E-state index contributed by atoms with van der Waals surface area (Å²) in [6.07, 6.45) is 4.51. The van der Waals surface area contributed by atoms with Crippen molar-refractivity contribution in [2.75, 3.05) is 7.11 Å². The number of hydrogen-bond acceptors (Lipinski definition) is 2. The quantitative estimate of drug-likeness (QED) is 0.262. The maximum atomic E-state index is 11.9. The van der Waals surface area contributed by atoms with Gasteiger partial charge in [0.25, 0.3) is 0 Å². The van der Waals surface area contributed by atoms with Crippen LogP contribution >= 0.6 is 27.5 Å². The molecule has 0 unspecified atom stereocenters. The summed E-state index contributed by atoms with van der Waals surface area (Å²) in [6.45, 7) is 0. The van der Waals surface area contributed by atoms with E-state index in [4.69, 9.17) is 16.3 Å². The van der Waals surface area contributed by atoms with Crippen molar-refractivity contribution in [1.82, 2.24) is 9.97 Å². The molecule has 0 spiro atoms. The first-order valence-corrected chi connectivity index (χ1v) is 10.9. The van der Waals surface area contributed by atoms with Crippen molar-refractivity contribution < 1.29 is 9.53 Å². The van der Waals surface area contributed by atoms with Crippen molar-refractivity contribution in [3.05, 3.63) is 105 Å². The maximum absolute atomic E-state index is 11.9. The van der Waals surface area contributed by atoms with E-state index in [1.165, 1.54) is 18.0 Å². The molecule has 0 amide bonds. The van der Waals surface area contributed by atoms with Crippen molar-refractivity contribution in [2.24, 2.45) is 0 Å². The molecule has 2 heterocycles. The van der Waals surface area contributed by atoms with Crippen molar-refractivity contribution in [2.45, 2.75) is 6.42 Å². The lowest BCUT2D eigenvalue weighted by Gasteiger charge is -2.09. The molecule has 0 aliphatic heterocycles. The van der Waals surface area contributed by atoms with Gasteiger partial charge >= 0.3 is 5.97 Å². The Bertz CT molecular complexity index is 1360. The zero-order chi connectivity index (χ0) is 21.8. The Hall–Kier alpha value is -3.02. The molecule has 6 heteroatoms. The minimum atomic E-state index is -0.366. The molecule has 5 rings (SSSR count). The summed E-state index contributed by atoms with van der Waals surface area (Å²) in [6, 6.07) is 21.8. The largest absolute Gasteiger partial charge is 0.465 e. The van der Waals surface area contributed by atoms with Gasteiger partial charge in [0, 0.05) is 38.3 Å². The molecular weight excluding hydrogens is 476 g/mol. The molecule has 0 bridgehead atoms. The van der Waals surface area contributed by atoms with Gasteiger partial charge in [0.2, 0.25) is 0 Å². The Labute approximate surface area is 193 Å². The zero-order valence-electron chi connectivity index (χ0n) is 16.8.